The van der Waals surface area contributed by atoms with Gasteiger partial charge in [0.15, 0.2) is 5.62 Å². The van der Waals surface area contributed by atoms with Gasteiger partial charge >= 0.3 is 5.97 Å². The predicted molar refractivity (Wildman–Crippen MR) is 81.8 cm³/mol. The Labute approximate surface area is 124 Å². The van der Waals surface area contributed by atoms with Crippen LogP contribution in [0.4, 0.5) is 0 Å². The van der Waals surface area contributed by atoms with E-state index in [1.54, 1.807) is 25.1 Å². The zero-order valence-electron chi connectivity index (χ0n) is 9.68. The maximum atomic E-state index is 11.2. The second kappa shape index (κ2) is 6.31. The fraction of sp³-hybridized carbons (Fsp3) is 0.182. The summed E-state index contributed by atoms with van der Waals surface area (Å²) in [6, 6.07) is 5.15. The SMILES string of the molecule is COC(=O)C=C(C)c1cc(Br)ccc1P(O)(=S)Cl. The third kappa shape index (κ3) is 4.18. The molecule has 0 saturated heterocycles. The molecule has 0 aliphatic carbocycles. The molecule has 1 aromatic carbocycles. The van der Waals surface area contributed by atoms with Crippen LogP contribution in [0.5, 0.6) is 0 Å². The van der Waals surface area contributed by atoms with Crippen LogP contribution in [0.2, 0.25) is 0 Å². The summed E-state index contributed by atoms with van der Waals surface area (Å²) in [6.07, 6.45) is 1.33. The number of hydrogen-bond donors (Lipinski definition) is 1. The van der Waals surface area contributed by atoms with Crippen molar-refractivity contribution >= 4 is 61.4 Å². The quantitative estimate of drug-likeness (QED) is 0.505. The van der Waals surface area contributed by atoms with Crippen molar-refractivity contribution in [3.05, 3.63) is 34.3 Å². The molecule has 0 saturated carbocycles. The van der Waals surface area contributed by atoms with Gasteiger partial charge in [0.1, 0.15) is 0 Å². The Hall–Kier alpha value is -0.190. The van der Waals surface area contributed by atoms with Crippen LogP contribution < -0.4 is 5.30 Å². The van der Waals surface area contributed by atoms with Gasteiger partial charge in [0.05, 0.1) is 7.11 Å². The second-order valence-electron chi connectivity index (χ2n) is 3.51. The van der Waals surface area contributed by atoms with Crippen LogP contribution in [0.25, 0.3) is 5.57 Å². The van der Waals surface area contributed by atoms with Crippen molar-refractivity contribution in [1.82, 2.24) is 0 Å². The van der Waals surface area contributed by atoms with E-state index in [-0.39, 0.29) is 0 Å². The third-order valence-corrected chi connectivity index (χ3v) is 4.83. The van der Waals surface area contributed by atoms with Crippen LogP contribution >= 0.6 is 32.8 Å². The van der Waals surface area contributed by atoms with E-state index in [0.29, 0.717) is 16.4 Å². The lowest BCUT2D eigenvalue weighted by Crippen LogP contribution is -2.08. The van der Waals surface area contributed by atoms with Crippen molar-refractivity contribution in [2.24, 2.45) is 0 Å². The summed E-state index contributed by atoms with van der Waals surface area (Å²) in [4.78, 5) is 21.1. The highest BCUT2D eigenvalue weighted by atomic mass is 79.9. The molecule has 98 valence electrons. The van der Waals surface area contributed by atoms with Crippen molar-refractivity contribution < 1.29 is 14.4 Å². The maximum absolute atomic E-state index is 11.2. The number of carbonyl (C=O) groups excluding carboxylic acids is 1. The summed E-state index contributed by atoms with van der Waals surface area (Å²) < 4.78 is 5.36. The number of hydrogen-bond acceptors (Lipinski definition) is 3. The summed E-state index contributed by atoms with van der Waals surface area (Å²) in [5.74, 6) is -0.473. The molecule has 0 fully saturated rings. The minimum atomic E-state index is -3.09. The number of esters is 1. The Morgan fingerprint density at radius 1 is 1.61 bits per heavy atom. The molecular formula is C11H11BrClO3PS. The maximum Gasteiger partial charge on any atom is 0.330 e. The van der Waals surface area contributed by atoms with Gasteiger partial charge in [0, 0.05) is 15.9 Å². The molecule has 3 nitrogen and oxygen atoms in total. The van der Waals surface area contributed by atoms with Gasteiger partial charge in [0.25, 0.3) is 0 Å². The second-order valence-corrected chi connectivity index (χ2v) is 9.57. The Bertz CT molecular complexity index is 553. The minimum absolute atomic E-state index is 0.458. The Balaban J connectivity index is 3.39. The summed E-state index contributed by atoms with van der Waals surface area (Å²) in [5, 5.41) is 0.458. The van der Waals surface area contributed by atoms with Gasteiger partial charge in [-0.05, 0) is 48.1 Å². The number of allylic oxidation sites excluding steroid dienone is 1. The first-order chi connectivity index (χ1) is 8.25. The average molecular weight is 370 g/mol. The Kier molecular flexibility index (Phi) is 5.56. The first-order valence-electron chi connectivity index (χ1n) is 4.85. The number of benzene rings is 1. The smallest absolute Gasteiger partial charge is 0.330 e. The van der Waals surface area contributed by atoms with Crippen molar-refractivity contribution in [3.63, 3.8) is 0 Å². The standard InChI is InChI=1S/C11H11BrClO3PS/c1-7(5-11(14)16-2)9-6-8(12)3-4-10(9)17(13,15)18/h3-6H,1-2H3,(H,15,18). The van der Waals surface area contributed by atoms with E-state index >= 15 is 0 Å². The summed E-state index contributed by atoms with van der Waals surface area (Å²) in [6.45, 7) is 1.73. The lowest BCUT2D eigenvalue weighted by molar-refractivity contribution is -0.134. The minimum Gasteiger partial charge on any atom is -0.466 e. The molecule has 7 heteroatoms. The molecule has 0 heterocycles. The van der Waals surface area contributed by atoms with E-state index in [9.17, 15) is 9.69 Å². The van der Waals surface area contributed by atoms with E-state index in [2.05, 4.69) is 20.7 Å². The van der Waals surface area contributed by atoms with Crippen LogP contribution in [0, 0.1) is 0 Å². The predicted octanol–water partition coefficient (Wildman–Crippen LogP) is 3.19. The molecule has 1 aromatic rings. The van der Waals surface area contributed by atoms with E-state index in [0.717, 1.165) is 4.47 Å². The van der Waals surface area contributed by atoms with Crippen LogP contribution in [-0.4, -0.2) is 18.0 Å². The highest BCUT2D eigenvalue weighted by Crippen LogP contribution is 2.47. The first kappa shape index (κ1) is 15.9. The fourth-order valence-corrected chi connectivity index (χ4v) is 3.46. The average Bonchev–Trinajstić information content (AvgIpc) is 2.26. The van der Waals surface area contributed by atoms with Crippen LogP contribution in [-0.2, 0) is 21.3 Å². The number of halogens is 2. The zero-order chi connectivity index (χ0) is 13.9. The molecule has 0 radical (unpaired) electrons. The molecule has 0 aromatic heterocycles. The molecule has 1 atom stereocenters. The lowest BCUT2D eigenvalue weighted by atomic mass is 10.1. The number of carbonyl (C=O) groups is 1. The van der Waals surface area contributed by atoms with Crippen molar-refractivity contribution in [2.75, 3.05) is 7.11 Å². The van der Waals surface area contributed by atoms with Gasteiger partial charge in [-0.3, -0.25) is 0 Å². The van der Waals surface area contributed by atoms with Gasteiger partial charge in [-0.25, -0.2) is 4.79 Å². The fourth-order valence-electron chi connectivity index (χ4n) is 1.38. The molecule has 0 spiro atoms. The molecule has 18 heavy (non-hydrogen) atoms. The molecule has 0 bridgehead atoms. The molecular weight excluding hydrogens is 359 g/mol. The van der Waals surface area contributed by atoms with Crippen molar-refractivity contribution in [2.45, 2.75) is 6.92 Å². The van der Waals surface area contributed by atoms with Crippen LogP contribution in [0.1, 0.15) is 12.5 Å². The number of rotatable bonds is 3. The molecule has 1 unspecified atom stereocenters. The normalized spacial score (nSPS) is 15.1. The largest absolute Gasteiger partial charge is 0.466 e. The topological polar surface area (TPSA) is 46.5 Å². The van der Waals surface area contributed by atoms with E-state index < -0.39 is 11.6 Å². The van der Waals surface area contributed by atoms with Crippen molar-refractivity contribution in [1.29, 1.82) is 0 Å². The van der Waals surface area contributed by atoms with Gasteiger partial charge in [-0.15, -0.1) is 0 Å². The number of ether oxygens (including phenoxy) is 1. The van der Waals surface area contributed by atoms with Crippen molar-refractivity contribution in [3.8, 4) is 0 Å². The first-order valence-corrected chi connectivity index (χ1v) is 9.30. The van der Waals surface area contributed by atoms with Gasteiger partial charge in [0.2, 0.25) is 0 Å². The monoisotopic (exact) mass is 368 g/mol. The van der Waals surface area contributed by atoms with E-state index in [1.807, 2.05) is 0 Å². The molecule has 1 rings (SSSR count). The van der Waals surface area contributed by atoms with Gasteiger partial charge in [-0.2, -0.15) is 0 Å². The van der Waals surface area contributed by atoms with E-state index in [4.69, 9.17) is 23.0 Å². The molecule has 0 aliphatic rings. The Morgan fingerprint density at radius 2 is 2.22 bits per heavy atom. The summed E-state index contributed by atoms with van der Waals surface area (Å²) in [5.41, 5.74) is -1.83. The molecule has 1 N–H and O–H groups in total. The van der Waals surface area contributed by atoms with Gasteiger partial charge < -0.3 is 9.63 Å². The Morgan fingerprint density at radius 3 is 2.72 bits per heavy atom. The summed E-state index contributed by atoms with van der Waals surface area (Å²) in [7, 11) is 1.30. The highest BCUT2D eigenvalue weighted by molar-refractivity contribution is 9.10. The third-order valence-electron chi connectivity index (χ3n) is 2.22. The lowest BCUT2D eigenvalue weighted by Gasteiger charge is -2.14. The zero-order valence-corrected chi connectivity index (χ0v) is 13.7. The molecule has 0 aliphatic heterocycles. The van der Waals surface area contributed by atoms with E-state index in [1.165, 1.54) is 13.2 Å². The molecule has 0 amide bonds. The van der Waals surface area contributed by atoms with Crippen LogP contribution in [0.15, 0.2) is 28.7 Å². The number of methoxy groups -OCH3 is 1. The summed E-state index contributed by atoms with van der Waals surface area (Å²) >= 11 is 14.1. The highest BCUT2D eigenvalue weighted by Gasteiger charge is 2.18. The van der Waals surface area contributed by atoms with Crippen LogP contribution in [0.3, 0.4) is 0 Å². The van der Waals surface area contributed by atoms with Gasteiger partial charge in [-0.1, -0.05) is 27.2 Å².